The number of nitrogens with one attached hydrogen (secondary N) is 2. The molecule has 5 nitrogen and oxygen atoms in total. The number of carbonyl (C=O) groups is 2. The molecule has 104 valence electrons. The molecule has 0 saturated carbocycles. The summed E-state index contributed by atoms with van der Waals surface area (Å²) in [5, 5.41) is 6.09. The van der Waals surface area contributed by atoms with Crippen LogP contribution in [0.2, 0.25) is 0 Å². The van der Waals surface area contributed by atoms with Crippen LogP contribution in [0.3, 0.4) is 0 Å². The Balaban J connectivity index is 2.32. The highest BCUT2D eigenvalue weighted by atomic mass is 16.2. The maximum absolute atomic E-state index is 11.9. The van der Waals surface area contributed by atoms with E-state index < -0.39 is 0 Å². The van der Waals surface area contributed by atoms with E-state index in [9.17, 15) is 9.59 Å². The fraction of sp³-hybridized carbons (Fsp3) is 0.846. The predicted molar refractivity (Wildman–Crippen MR) is 71.1 cm³/mol. The summed E-state index contributed by atoms with van der Waals surface area (Å²) in [4.78, 5) is 25.1. The minimum atomic E-state index is -0.254. The van der Waals surface area contributed by atoms with Crippen LogP contribution in [0.1, 0.15) is 33.6 Å². The molecule has 1 aliphatic heterocycles. The molecular formula is C13H25N3O2. The molecule has 0 aromatic rings. The summed E-state index contributed by atoms with van der Waals surface area (Å²) in [5.41, 5.74) is -0.254. The molecule has 2 amide bonds. The van der Waals surface area contributed by atoms with Crippen molar-refractivity contribution in [3.05, 3.63) is 0 Å². The molecule has 1 heterocycles. The Morgan fingerprint density at radius 1 is 1.39 bits per heavy atom. The van der Waals surface area contributed by atoms with Gasteiger partial charge in [0.1, 0.15) is 0 Å². The SMILES string of the molecule is CN(CC(=O)NC(C)(C)C)C(=O)CC1CCNC1. The number of amides is 2. The van der Waals surface area contributed by atoms with E-state index >= 15 is 0 Å². The largest absolute Gasteiger partial charge is 0.350 e. The van der Waals surface area contributed by atoms with E-state index in [1.54, 1.807) is 7.05 Å². The van der Waals surface area contributed by atoms with E-state index in [0.29, 0.717) is 12.3 Å². The molecule has 0 aromatic carbocycles. The van der Waals surface area contributed by atoms with Crippen LogP contribution in [-0.2, 0) is 9.59 Å². The molecule has 5 heteroatoms. The number of nitrogens with zero attached hydrogens (tertiary/aromatic N) is 1. The van der Waals surface area contributed by atoms with Crippen molar-refractivity contribution in [1.29, 1.82) is 0 Å². The molecule has 1 atom stereocenters. The zero-order valence-corrected chi connectivity index (χ0v) is 11.9. The third-order valence-electron chi connectivity index (χ3n) is 2.95. The smallest absolute Gasteiger partial charge is 0.240 e. The first-order valence-corrected chi connectivity index (χ1v) is 6.53. The summed E-state index contributed by atoms with van der Waals surface area (Å²) in [6, 6.07) is 0. The molecule has 0 aliphatic carbocycles. The van der Waals surface area contributed by atoms with Gasteiger partial charge in [-0.15, -0.1) is 0 Å². The number of hydrogen-bond donors (Lipinski definition) is 2. The first-order chi connectivity index (χ1) is 8.28. The van der Waals surface area contributed by atoms with E-state index in [1.165, 1.54) is 4.90 Å². The summed E-state index contributed by atoms with van der Waals surface area (Å²) in [7, 11) is 1.69. The Bertz CT molecular complexity index is 304. The Morgan fingerprint density at radius 3 is 2.56 bits per heavy atom. The van der Waals surface area contributed by atoms with Gasteiger partial charge in [-0.25, -0.2) is 0 Å². The molecule has 0 spiro atoms. The number of rotatable bonds is 4. The fourth-order valence-electron chi connectivity index (χ4n) is 2.05. The van der Waals surface area contributed by atoms with Gasteiger partial charge in [0.2, 0.25) is 11.8 Å². The van der Waals surface area contributed by atoms with Crippen molar-refractivity contribution in [3.8, 4) is 0 Å². The molecule has 1 fully saturated rings. The van der Waals surface area contributed by atoms with E-state index in [0.717, 1.165) is 19.5 Å². The third kappa shape index (κ3) is 5.49. The van der Waals surface area contributed by atoms with Gasteiger partial charge in [0.15, 0.2) is 0 Å². The van der Waals surface area contributed by atoms with Crippen LogP contribution in [0.4, 0.5) is 0 Å². The zero-order valence-electron chi connectivity index (χ0n) is 11.9. The summed E-state index contributed by atoms with van der Waals surface area (Å²) < 4.78 is 0. The topological polar surface area (TPSA) is 61.4 Å². The van der Waals surface area contributed by atoms with Crippen molar-refractivity contribution in [2.75, 3.05) is 26.7 Å². The monoisotopic (exact) mass is 255 g/mol. The van der Waals surface area contributed by atoms with Crippen LogP contribution < -0.4 is 10.6 Å². The third-order valence-corrected chi connectivity index (χ3v) is 2.95. The molecule has 1 rings (SSSR count). The van der Waals surface area contributed by atoms with E-state index in [2.05, 4.69) is 10.6 Å². The molecule has 1 saturated heterocycles. The maximum Gasteiger partial charge on any atom is 0.240 e. The number of carbonyl (C=O) groups excluding carboxylic acids is 2. The van der Waals surface area contributed by atoms with Gasteiger partial charge in [-0.3, -0.25) is 9.59 Å². The summed E-state index contributed by atoms with van der Waals surface area (Å²) in [6.07, 6.45) is 1.58. The van der Waals surface area contributed by atoms with Crippen molar-refractivity contribution in [3.63, 3.8) is 0 Å². The van der Waals surface area contributed by atoms with E-state index in [-0.39, 0.29) is 23.9 Å². The van der Waals surface area contributed by atoms with Gasteiger partial charge in [-0.1, -0.05) is 0 Å². The van der Waals surface area contributed by atoms with Crippen LogP contribution in [0.15, 0.2) is 0 Å². The van der Waals surface area contributed by atoms with Crippen molar-refractivity contribution in [2.45, 2.75) is 39.2 Å². The first-order valence-electron chi connectivity index (χ1n) is 6.53. The number of likely N-dealkylation sites (N-methyl/N-ethyl adjacent to an activating group) is 1. The Morgan fingerprint density at radius 2 is 2.06 bits per heavy atom. The quantitative estimate of drug-likeness (QED) is 0.762. The fourth-order valence-corrected chi connectivity index (χ4v) is 2.05. The Labute approximate surface area is 109 Å². The van der Waals surface area contributed by atoms with Crippen LogP contribution in [-0.4, -0.2) is 48.9 Å². The van der Waals surface area contributed by atoms with Gasteiger partial charge in [-0.05, 0) is 46.2 Å². The molecule has 1 aliphatic rings. The molecule has 0 bridgehead atoms. The lowest BCUT2D eigenvalue weighted by Gasteiger charge is -2.24. The Kier molecular flexibility index (Phi) is 5.14. The average Bonchev–Trinajstić information content (AvgIpc) is 2.66. The van der Waals surface area contributed by atoms with Crippen molar-refractivity contribution in [1.82, 2.24) is 15.5 Å². The molecule has 1 unspecified atom stereocenters. The van der Waals surface area contributed by atoms with Gasteiger partial charge >= 0.3 is 0 Å². The average molecular weight is 255 g/mol. The number of hydrogen-bond acceptors (Lipinski definition) is 3. The van der Waals surface area contributed by atoms with Gasteiger partial charge in [-0.2, -0.15) is 0 Å². The van der Waals surface area contributed by atoms with Gasteiger partial charge in [0.25, 0.3) is 0 Å². The molecule has 18 heavy (non-hydrogen) atoms. The van der Waals surface area contributed by atoms with Gasteiger partial charge < -0.3 is 15.5 Å². The second-order valence-corrected chi connectivity index (χ2v) is 6.11. The van der Waals surface area contributed by atoms with Crippen molar-refractivity contribution < 1.29 is 9.59 Å². The van der Waals surface area contributed by atoms with Crippen LogP contribution >= 0.6 is 0 Å². The molecule has 0 radical (unpaired) electrons. The lowest BCUT2D eigenvalue weighted by molar-refractivity contribution is -0.135. The molecule has 2 N–H and O–H groups in total. The van der Waals surface area contributed by atoms with Crippen LogP contribution in [0.5, 0.6) is 0 Å². The van der Waals surface area contributed by atoms with E-state index in [4.69, 9.17) is 0 Å². The predicted octanol–water partition coefficient (Wildman–Crippen LogP) is 0.359. The minimum Gasteiger partial charge on any atom is -0.350 e. The molecular weight excluding hydrogens is 230 g/mol. The lowest BCUT2D eigenvalue weighted by atomic mass is 10.0. The standard InChI is InChI=1S/C13H25N3O2/c1-13(2,3)15-11(17)9-16(4)12(18)7-10-5-6-14-8-10/h10,14H,5-9H2,1-4H3,(H,15,17). The highest BCUT2D eigenvalue weighted by Gasteiger charge is 2.22. The van der Waals surface area contributed by atoms with Crippen LogP contribution in [0, 0.1) is 5.92 Å². The first kappa shape index (κ1) is 15.0. The highest BCUT2D eigenvalue weighted by molar-refractivity contribution is 5.85. The molecule has 0 aromatic heterocycles. The van der Waals surface area contributed by atoms with Gasteiger partial charge in [0, 0.05) is 19.0 Å². The lowest BCUT2D eigenvalue weighted by Crippen LogP contribution is -2.46. The van der Waals surface area contributed by atoms with Crippen molar-refractivity contribution in [2.24, 2.45) is 5.92 Å². The van der Waals surface area contributed by atoms with Gasteiger partial charge in [0.05, 0.1) is 6.54 Å². The minimum absolute atomic E-state index is 0.0489. The van der Waals surface area contributed by atoms with Crippen LogP contribution in [0.25, 0.3) is 0 Å². The summed E-state index contributed by atoms with van der Waals surface area (Å²) >= 11 is 0. The van der Waals surface area contributed by atoms with E-state index in [1.807, 2.05) is 20.8 Å². The zero-order chi connectivity index (χ0) is 13.8. The second kappa shape index (κ2) is 6.18. The summed E-state index contributed by atoms with van der Waals surface area (Å²) in [5.74, 6) is 0.362. The summed E-state index contributed by atoms with van der Waals surface area (Å²) in [6.45, 7) is 7.82. The Hall–Kier alpha value is -1.10. The van der Waals surface area contributed by atoms with Crippen molar-refractivity contribution >= 4 is 11.8 Å². The highest BCUT2D eigenvalue weighted by Crippen LogP contribution is 2.13. The maximum atomic E-state index is 11.9. The second-order valence-electron chi connectivity index (χ2n) is 6.11. The normalized spacial score (nSPS) is 19.7.